The standard InChI is InChI=1S/C20H17NO5S2/c1-3-26-16-9-12(7-8-15(16)25-2)10-17-18(22)21(20(27)28-17)14-6-4-5-13(11-14)19(23)24/h4-11H,3H2,1-2H3,(H,23,24). The number of carbonyl (C=O) groups is 2. The zero-order valence-electron chi connectivity index (χ0n) is 15.2. The number of nitrogens with zero attached hydrogens (tertiary/aromatic N) is 1. The van der Waals surface area contributed by atoms with E-state index in [0.717, 1.165) is 17.3 Å². The minimum Gasteiger partial charge on any atom is -0.493 e. The van der Waals surface area contributed by atoms with Crippen LogP contribution in [0.1, 0.15) is 22.8 Å². The zero-order chi connectivity index (χ0) is 20.3. The Bertz CT molecular complexity index is 986. The van der Waals surface area contributed by atoms with Crippen molar-refractivity contribution in [3.63, 3.8) is 0 Å². The number of hydrogen-bond acceptors (Lipinski definition) is 6. The van der Waals surface area contributed by atoms with E-state index in [1.165, 1.54) is 17.0 Å². The normalized spacial score (nSPS) is 15.2. The fourth-order valence-corrected chi connectivity index (χ4v) is 3.97. The number of thiocarbonyl (C=S) groups is 1. The Balaban J connectivity index is 1.92. The van der Waals surface area contributed by atoms with Gasteiger partial charge in [-0.15, -0.1) is 0 Å². The maximum absolute atomic E-state index is 12.9. The molecule has 0 aliphatic carbocycles. The number of benzene rings is 2. The van der Waals surface area contributed by atoms with Gasteiger partial charge < -0.3 is 14.6 Å². The van der Waals surface area contributed by atoms with E-state index in [0.29, 0.717) is 33.0 Å². The molecule has 2 aromatic carbocycles. The van der Waals surface area contributed by atoms with Gasteiger partial charge in [-0.05, 0) is 48.9 Å². The van der Waals surface area contributed by atoms with Crippen LogP contribution in [0.4, 0.5) is 5.69 Å². The number of carbonyl (C=O) groups excluding carboxylic acids is 1. The topological polar surface area (TPSA) is 76.1 Å². The maximum Gasteiger partial charge on any atom is 0.335 e. The summed E-state index contributed by atoms with van der Waals surface area (Å²) in [7, 11) is 1.56. The molecule has 1 N–H and O–H groups in total. The van der Waals surface area contributed by atoms with Gasteiger partial charge in [-0.2, -0.15) is 0 Å². The van der Waals surface area contributed by atoms with Crippen molar-refractivity contribution in [2.45, 2.75) is 6.92 Å². The molecule has 144 valence electrons. The van der Waals surface area contributed by atoms with Crippen LogP contribution in [-0.4, -0.2) is 35.0 Å². The van der Waals surface area contributed by atoms with E-state index in [2.05, 4.69) is 0 Å². The van der Waals surface area contributed by atoms with Crippen LogP contribution in [0.3, 0.4) is 0 Å². The van der Waals surface area contributed by atoms with Crippen molar-refractivity contribution in [1.29, 1.82) is 0 Å². The molecule has 0 unspecified atom stereocenters. The number of aromatic carboxylic acids is 1. The Morgan fingerprint density at radius 2 is 2.04 bits per heavy atom. The van der Waals surface area contributed by atoms with Gasteiger partial charge in [0.1, 0.15) is 0 Å². The van der Waals surface area contributed by atoms with Crippen molar-refractivity contribution in [3.05, 3.63) is 58.5 Å². The van der Waals surface area contributed by atoms with Crippen molar-refractivity contribution in [1.82, 2.24) is 0 Å². The van der Waals surface area contributed by atoms with Crippen molar-refractivity contribution in [2.75, 3.05) is 18.6 Å². The number of carboxylic acids is 1. The molecule has 6 nitrogen and oxygen atoms in total. The van der Waals surface area contributed by atoms with Crippen LogP contribution < -0.4 is 14.4 Å². The van der Waals surface area contributed by atoms with Gasteiger partial charge in [0.25, 0.3) is 5.91 Å². The first-order chi connectivity index (χ1) is 13.4. The van der Waals surface area contributed by atoms with Crippen molar-refractivity contribution >= 4 is 51.9 Å². The molecular formula is C20H17NO5S2. The Morgan fingerprint density at radius 3 is 2.71 bits per heavy atom. The van der Waals surface area contributed by atoms with Crippen LogP contribution in [0.25, 0.3) is 6.08 Å². The Labute approximate surface area is 171 Å². The first-order valence-electron chi connectivity index (χ1n) is 8.36. The lowest BCUT2D eigenvalue weighted by atomic mass is 10.1. The zero-order valence-corrected chi connectivity index (χ0v) is 16.8. The van der Waals surface area contributed by atoms with Crippen LogP contribution in [-0.2, 0) is 4.79 Å². The molecule has 1 fully saturated rings. The van der Waals surface area contributed by atoms with Gasteiger partial charge in [0.15, 0.2) is 15.8 Å². The first-order valence-corrected chi connectivity index (χ1v) is 9.59. The van der Waals surface area contributed by atoms with Gasteiger partial charge in [-0.25, -0.2) is 4.79 Å². The highest BCUT2D eigenvalue weighted by Crippen LogP contribution is 2.37. The Kier molecular flexibility index (Phi) is 6.01. The molecule has 1 aliphatic rings. The Hall–Kier alpha value is -2.84. The summed E-state index contributed by atoms with van der Waals surface area (Å²) in [4.78, 5) is 25.9. The highest BCUT2D eigenvalue weighted by Gasteiger charge is 2.33. The third-order valence-corrected chi connectivity index (χ3v) is 5.23. The summed E-state index contributed by atoms with van der Waals surface area (Å²) in [6.07, 6.45) is 1.72. The first kappa shape index (κ1) is 19.9. The number of amides is 1. The highest BCUT2D eigenvalue weighted by molar-refractivity contribution is 8.27. The lowest BCUT2D eigenvalue weighted by Gasteiger charge is -2.14. The number of rotatable bonds is 6. The minimum atomic E-state index is -1.07. The quantitative estimate of drug-likeness (QED) is 0.560. The molecule has 3 rings (SSSR count). The predicted octanol–water partition coefficient (Wildman–Crippen LogP) is 4.20. The Morgan fingerprint density at radius 1 is 1.25 bits per heavy atom. The van der Waals surface area contributed by atoms with Crippen molar-refractivity contribution in [2.24, 2.45) is 0 Å². The van der Waals surface area contributed by atoms with Crippen molar-refractivity contribution in [3.8, 4) is 11.5 Å². The molecule has 2 aromatic rings. The number of carboxylic acid groups (broad SMARTS) is 1. The second-order valence-electron chi connectivity index (χ2n) is 5.72. The smallest absolute Gasteiger partial charge is 0.335 e. The van der Waals surface area contributed by atoms with Crippen LogP contribution in [0, 0.1) is 0 Å². The minimum absolute atomic E-state index is 0.0899. The summed E-state index contributed by atoms with van der Waals surface area (Å²) < 4.78 is 11.2. The maximum atomic E-state index is 12.9. The SMILES string of the molecule is CCOc1cc(C=C2SC(=S)N(c3cccc(C(=O)O)c3)C2=O)ccc1OC. The van der Waals surface area contributed by atoms with Crippen LogP contribution >= 0.6 is 24.0 Å². The molecule has 0 atom stereocenters. The van der Waals surface area contributed by atoms with Gasteiger partial charge in [0.2, 0.25) is 0 Å². The lowest BCUT2D eigenvalue weighted by Crippen LogP contribution is -2.27. The van der Waals surface area contributed by atoms with E-state index in [1.54, 1.807) is 37.5 Å². The molecule has 0 radical (unpaired) electrons. The summed E-state index contributed by atoms with van der Waals surface area (Å²) in [6.45, 7) is 2.37. The van der Waals surface area contributed by atoms with E-state index < -0.39 is 5.97 Å². The van der Waals surface area contributed by atoms with Gasteiger partial charge in [0, 0.05) is 0 Å². The molecule has 8 heteroatoms. The average molecular weight is 415 g/mol. The monoisotopic (exact) mass is 415 g/mol. The molecule has 0 aromatic heterocycles. The van der Waals surface area contributed by atoms with Crippen LogP contribution in [0.15, 0.2) is 47.4 Å². The molecule has 28 heavy (non-hydrogen) atoms. The van der Waals surface area contributed by atoms with E-state index >= 15 is 0 Å². The van der Waals surface area contributed by atoms with E-state index in [4.69, 9.17) is 26.8 Å². The van der Waals surface area contributed by atoms with Crippen molar-refractivity contribution < 1.29 is 24.2 Å². The summed E-state index contributed by atoms with van der Waals surface area (Å²) in [6, 6.07) is 11.5. The van der Waals surface area contributed by atoms with Crippen LogP contribution in [0.2, 0.25) is 0 Å². The summed E-state index contributed by atoms with van der Waals surface area (Å²) in [5, 5.41) is 9.17. The van der Waals surface area contributed by atoms with E-state index in [9.17, 15) is 9.59 Å². The van der Waals surface area contributed by atoms with Gasteiger partial charge in [0.05, 0.1) is 29.9 Å². The number of methoxy groups -OCH3 is 1. The fraction of sp³-hybridized carbons (Fsp3) is 0.150. The summed E-state index contributed by atoms with van der Waals surface area (Å²) in [5.41, 5.74) is 1.28. The summed E-state index contributed by atoms with van der Waals surface area (Å²) in [5.74, 6) is -0.170. The third kappa shape index (κ3) is 4.02. The number of anilines is 1. The van der Waals surface area contributed by atoms with Crippen LogP contribution in [0.5, 0.6) is 11.5 Å². The highest BCUT2D eigenvalue weighted by atomic mass is 32.2. The molecule has 0 spiro atoms. The third-order valence-electron chi connectivity index (χ3n) is 3.93. The predicted molar refractivity (Wildman–Crippen MR) is 113 cm³/mol. The lowest BCUT2D eigenvalue weighted by molar-refractivity contribution is -0.113. The molecule has 0 bridgehead atoms. The largest absolute Gasteiger partial charge is 0.493 e. The average Bonchev–Trinajstić information content (AvgIpc) is 2.95. The van der Waals surface area contributed by atoms with Gasteiger partial charge >= 0.3 is 5.97 Å². The molecule has 1 amide bonds. The molecule has 1 heterocycles. The molecule has 1 aliphatic heterocycles. The van der Waals surface area contributed by atoms with E-state index in [-0.39, 0.29) is 11.5 Å². The molecule has 0 saturated carbocycles. The molecular weight excluding hydrogens is 398 g/mol. The summed E-state index contributed by atoms with van der Waals surface area (Å²) >= 11 is 6.51. The second kappa shape index (κ2) is 8.45. The number of hydrogen-bond donors (Lipinski definition) is 1. The fourth-order valence-electron chi connectivity index (χ4n) is 2.67. The number of ether oxygens (including phenoxy) is 2. The van der Waals surface area contributed by atoms with Gasteiger partial charge in [-0.3, -0.25) is 9.69 Å². The second-order valence-corrected chi connectivity index (χ2v) is 7.39. The van der Waals surface area contributed by atoms with E-state index in [1.807, 2.05) is 13.0 Å². The number of thioether (sulfide) groups is 1. The van der Waals surface area contributed by atoms with Gasteiger partial charge in [-0.1, -0.05) is 36.1 Å². The molecule has 1 saturated heterocycles.